The summed E-state index contributed by atoms with van der Waals surface area (Å²) in [5.41, 5.74) is 18.3. The molecule has 0 unspecified atom stereocenters. The van der Waals surface area contributed by atoms with Gasteiger partial charge in [0.1, 0.15) is 5.82 Å². The predicted octanol–water partition coefficient (Wildman–Crippen LogP) is -0.582. The van der Waals surface area contributed by atoms with Crippen LogP contribution in [0.3, 0.4) is 0 Å². The fraction of sp³-hybridized carbons (Fsp3) is 0.111. The lowest BCUT2D eigenvalue weighted by Crippen LogP contribution is -2.06. The van der Waals surface area contributed by atoms with Gasteiger partial charge < -0.3 is 17.2 Å². The van der Waals surface area contributed by atoms with Crippen molar-refractivity contribution in [2.75, 3.05) is 17.2 Å². The van der Waals surface area contributed by atoms with E-state index in [9.17, 15) is 0 Å². The van der Waals surface area contributed by atoms with Gasteiger partial charge in [-0.2, -0.15) is 9.97 Å². The Kier molecular flexibility index (Phi) is 1.91. The smallest absolute Gasteiger partial charge is 0.224 e. The van der Waals surface area contributed by atoms with Crippen LogP contribution in [-0.4, -0.2) is 29.9 Å². The van der Waals surface area contributed by atoms with E-state index in [0.29, 0.717) is 22.5 Å². The highest BCUT2D eigenvalue weighted by atomic mass is 15.1. The molecule has 3 aromatic heterocycles. The van der Waals surface area contributed by atoms with E-state index < -0.39 is 0 Å². The number of nitrogens with zero attached hydrogens (tertiary/aromatic N) is 6. The Labute approximate surface area is 100 Å². The van der Waals surface area contributed by atoms with Crippen molar-refractivity contribution in [3.63, 3.8) is 0 Å². The summed E-state index contributed by atoms with van der Waals surface area (Å²) in [5, 5.41) is 0. The van der Waals surface area contributed by atoms with E-state index in [-0.39, 0.29) is 23.2 Å². The second-order valence-corrected chi connectivity index (χ2v) is 3.69. The molecule has 0 bridgehead atoms. The minimum atomic E-state index is 0.0280. The Balaban J connectivity index is 2.51. The number of nitrogens with two attached hydrogens (primary N) is 3. The molecule has 0 saturated carbocycles. The van der Waals surface area contributed by atoms with Gasteiger partial charge in [0.25, 0.3) is 0 Å². The van der Waals surface area contributed by atoms with Crippen molar-refractivity contribution in [2.45, 2.75) is 6.92 Å². The lowest BCUT2D eigenvalue weighted by Gasteiger charge is -2.04. The Bertz CT molecular complexity index is 714. The maximum absolute atomic E-state index is 5.76. The van der Waals surface area contributed by atoms with Crippen molar-refractivity contribution in [3.8, 4) is 0 Å². The van der Waals surface area contributed by atoms with Gasteiger partial charge in [0.15, 0.2) is 34.0 Å². The highest BCUT2D eigenvalue weighted by Gasteiger charge is 2.12. The molecular formula is C9H9N9. The minimum absolute atomic E-state index is 0.0280. The summed E-state index contributed by atoms with van der Waals surface area (Å²) < 4.78 is 0. The molecule has 0 atom stereocenters. The van der Waals surface area contributed by atoms with Gasteiger partial charge in [0.05, 0.1) is 0 Å². The molecule has 0 aliphatic carbocycles. The third-order valence-electron chi connectivity index (χ3n) is 2.35. The quantitative estimate of drug-likeness (QED) is 0.439. The molecule has 18 heavy (non-hydrogen) atoms. The number of aryl methyl sites for hydroxylation is 1. The summed E-state index contributed by atoms with van der Waals surface area (Å²) in [7, 11) is 0. The molecule has 0 aliphatic rings. The highest BCUT2D eigenvalue weighted by molar-refractivity contribution is 5.91. The number of aromatic nitrogens is 6. The molecule has 9 nitrogen and oxygen atoms in total. The van der Waals surface area contributed by atoms with Gasteiger partial charge in [-0.05, 0) is 6.92 Å². The van der Waals surface area contributed by atoms with Crippen LogP contribution in [0, 0.1) is 6.92 Å². The van der Waals surface area contributed by atoms with Crippen molar-refractivity contribution < 1.29 is 0 Å². The molecule has 9 heteroatoms. The molecule has 90 valence electrons. The number of nitrogen functional groups attached to an aromatic ring is 3. The molecule has 0 spiro atoms. The summed E-state index contributed by atoms with van der Waals surface area (Å²) in [5.74, 6) is 0.924. The van der Waals surface area contributed by atoms with Crippen LogP contribution in [0.4, 0.5) is 17.6 Å². The molecular weight excluding hydrogens is 234 g/mol. The molecule has 0 fully saturated rings. The maximum atomic E-state index is 5.76. The van der Waals surface area contributed by atoms with Crippen molar-refractivity contribution in [1.82, 2.24) is 29.9 Å². The van der Waals surface area contributed by atoms with Crippen LogP contribution >= 0.6 is 0 Å². The average molecular weight is 243 g/mol. The molecule has 6 N–H and O–H groups in total. The Morgan fingerprint density at radius 1 is 0.667 bits per heavy atom. The second-order valence-electron chi connectivity index (χ2n) is 3.69. The highest BCUT2D eigenvalue weighted by Crippen LogP contribution is 2.20. The minimum Gasteiger partial charge on any atom is -0.382 e. The van der Waals surface area contributed by atoms with Gasteiger partial charge in [-0.15, -0.1) is 0 Å². The van der Waals surface area contributed by atoms with E-state index in [2.05, 4.69) is 29.9 Å². The van der Waals surface area contributed by atoms with Crippen LogP contribution in [0.15, 0.2) is 0 Å². The van der Waals surface area contributed by atoms with E-state index in [1.807, 2.05) is 0 Å². The fourth-order valence-corrected chi connectivity index (χ4v) is 1.63. The second kappa shape index (κ2) is 3.32. The van der Waals surface area contributed by atoms with Crippen LogP contribution in [-0.2, 0) is 0 Å². The lowest BCUT2D eigenvalue weighted by atomic mass is 10.4. The summed E-state index contributed by atoms with van der Waals surface area (Å²) in [6.45, 7) is 1.71. The molecule has 0 aliphatic heterocycles. The first-order chi connectivity index (χ1) is 8.54. The molecule has 0 radical (unpaired) electrons. The van der Waals surface area contributed by atoms with Crippen LogP contribution in [0.1, 0.15) is 5.82 Å². The standard InChI is InChI=1S/C9H9N9/c1-2-13-5(10)3-7(14-2)15-4-6(11)17-9(12)18-8(4)16-3/h1H3,(H2,10,13,14,15)(H4,11,12,16,17,18). The summed E-state index contributed by atoms with van der Waals surface area (Å²) in [6, 6.07) is 0. The van der Waals surface area contributed by atoms with E-state index in [1.165, 1.54) is 0 Å². The largest absolute Gasteiger partial charge is 0.382 e. The fourth-order valence-electron chi connectivity index (χ4n) is 1.63. The number of hydrogen-bond donors (Lipinski definition) is 3. The molecule has 0 aromatic carbocycles. The Morgan fingerprint density at radius 3 is 1.89 bits per heavy atom. The zero-order valence-electron chi connectivity index (χ0n) is 9.42. The molecule has 3 rings (SSSR count). The van der Waals surface area contributed by atoms with Gasteiger partial charge in [0.2, 0.25) is 5.95 Å². The number of rotatable bonds is 0. The van der Waals surface area contributed by atoms with Gasteiger partial charge >= 0.3 is 0 Å². The first kappa shape index (κ1) is 10.3. The maximum Gasteiger partial charge on any atom is 0.224 e. The van der Waals surface area contributed by atoms with E-state index in [4.69, 9.17) is 17.2 Å². The normalized spacial score (nSPS) is 11.2. The molecule has 0 amide bonds. The van der Waals surface area contributed by atoms with E-state index >= 15 is 0 Å². The van der Waals surface area contributed by atoms with Crippen molar-refractivity contribution >= 4 is 39.9 Å². The third-order valence-corrected chi connectivity index (χ3v) is 2.35. The van der Waals surface area contributed by atoms with Crippen molar-refractivity contribution in [2.24, 2.45) is 0 Å². The zero-order valence-corrected chi connectivity index (χ0v) is 9.42. The summed E-state index contributed by atoms with van der Waals surface area (Å²) in [6.07, 6.45) is 0. The first-order valence-corrected chi connectivity index (χ1v) is 5.05. The van der Waals surface area contributed by atoms with Crippen LogP contribution < -0.4 is 17.2 Å². The number of hydrogen-bond acceptors (Lipinski definition) is 9. The van der Waals surface area contributed by atoms with Crippen LogP contribution in [0.25, 0.3) is 22.3 Å². The summed E-state index contributed by atoms with van der Waals surface area (Å²) >= 11 is 0. The third kappa shape index (κ3) is 1.41. The SMILES string of the molecule is Cc1nc(N)c2nc3nc(N)nc(N)c3nc2n1. The zero-order chi connectivity index (χ0) is 12.9. The average Bonchev–Trinajstić information content (AvgIpc) is 2.27. The van der Waals surface area contributed by atoms with E-state index in [1.54, 1.807) is 6.92 Å². The molecule has 3 aromatic rings. The monoisotopic (exact) mass is 243 g/mol. The van der Waals surface area contributed by atoms with Gasteiger partial charge in [-0.3, -0.25) is 0 Å². The van der Waals surface area contributed by atoms with Crippen molar-refractivity contribution in [3.05, 3.63) is 5.82 Å². The summed E-state index contributed by atoms with van der Waals surface area (Å²) in [4.78, 5) is 24.4. The van der Waals surface area contributed by atoms with Crippen molar-refractivity contribution in [1.29, 1.82) is 0 Å². The van der Waals surface area contributed by atoms with Gasteiger partial charge in [-0.1, -0.05) is 0 Å². The van der Waals surface area contributed by atoms with Gasteiger partial charge in [0, 0.05) is 0 Å². The first-order valence-electron chi connectivity index (χ1n) is 5.05. The molecule has 0 saturated heterocycles. The van der Waals surface area contributed by atoms with Crippen LogP contribution in [0.5, 0.6) is 0 Å². The van der Waals surface area contributed by atoms with E-state index in [0.717, 1.165) is 0 Å². The number of fused-ring (bicyclic) bond motifs is 2. The lowest BCUT2D eigenvalue weighted by molar-refractivity contribution is 1.07. The van der Waals surface area contributed by atoms with Gasteiger partial charge in [-0.25, -0.2) is 19.9 Å². The van der Waals surface area contributed by atoms with Crippen LogP contribution in [0.2, 0.25) is 0 Å². The Hall–Kier alpha value is -2.84. The topological polar surface area (TPSA) is 155 Å². The number of anilines is 3. The Morgan fingerprint density at radius 2 is 1.22 bits per heavy atom. The predicted molar refractivity (Wildman–Crippen MR) is 66.2 cm³/mol. The molecule has 3 heterocycles.